The number of benzene rings is 2. The molecule has 7 nitrogen and oxygen atoms in total. The van der Waals surface area contributed by atoms with Gasteiger partial charge >= 0.3 is 0 Å². The first-order valence-electron chi connectivity index (χ1n) is 9.13. The highest BCUT2D eigenvalue weighted by Crippen LogP contribution is 2.28. The Labute approximate surface area is 176 Å². The zero-order valence-electron chi connectivity index (χ0n) is 16.6. The molecular formula is C20H25ClN2O5S. The summed E-state index contributed by atoms with van der Waals surface area (Å²) in [4.78, 5) is 12.4. The molecule has 0 radical (unpaired) electrons. The van der Waals surface area contributed by atoms with E-state index in [1.165, 1.54) is 6.07 Å². The van der Waals surface area contributed by atoms with E-state index in [0.717, 1.165) is 16.1 Å². The molecule has 0 spiro atoms. The van der Waals surface area contributed by atoms with E-state index in [2.05, 4.69) is 5.32 Å². The lowest BCUT2D eigenvalue weighted by Gasteiger charge is -2.22. The maximum atomic E-state index is 12.4. The minimum absolute atomic E-state index is 0.221. The molecule has 2 aromatic carbocycles. The topological polar surface area (TPSA) is 84.9 Å². The van der Waals surface area contributed by atoms with Crippen LogP contribution in [0, 0.1) is 0 Å². The SMILES string of the molecule is CCOc1ccc(CNC(=O)CN(c2cccc(Cl)c2)S(C)(=O)=O)cc1OCC. The summed E-state index contributed by atoms with van der Waals surface area (Å²) in [6.07, 6.45) is 1.04. The number of ether oxygens (including phenoxy) is 2. The second-order valence-corrected chi connectivity index (χ2v) is 8.52. The number of hydrogen-bond acceptors (Lipinski definition) is 5. The van der Waals surface area contributed by atoms with Crippen LogP contribution in [-0.2, 0) is 21.4 Å². The van der Waals surface area contributed by atoms with Crippen LogP contribution in [0.15, 0.2) is 42.5 Å². The van der Waals surface area contributed by atoms with Crippen LogP contribution in [0.25, 0.3) is 0 Å². The number of carbonyl (C=O) groups is 1. The molecule has 0 fully saturated rings. The molecule has 0 aliphatic rings. The van der Waals surface area contributed by atoms with Crippen LogP contribution in [0.4, 0.5) is 5.69 Å². The van der Waals surface area contributed by atoms with Crippen molar-refractivity contribution in [3.8, 4) is 11.5 Å². The predicted octanol–water partition coefficient (Wildman–Crippen LogP) is 3.22. The smallest absolute Gasteiger partial charge is 0.241 e. The predicted molar refractivity (Wildman–Crippen MR) is 114 cm³/mol. The molecule has 1 N–H and O–H groups in total. The van der Waals surface area contributed by atoms with Gasteiger partial charge in [-0.1, -0.05) is 23.7 Å². The highest BCUT2D eigenvalue weighted by atomic mass is 35.5. The maximum Gasteiger partial charge on any atom is 0.241 e. The molecule has 0 aliphatic heterocycles. The summed E-state index contributed by atoms with van der Waals surface area (Å²) in [5.74, 6) is 0.786. The summed E-state index contributed by atoms with van der Waals surface area (Å²) in [6.45, 7) is 4.63. The summed E-state index contributed by atoms with van der Waals surface area (Å²) in [5, 5.41) is 3.12. The van der Waals surface area contributed by atoms with Crippen LogP contribution in [0.3, 0.4) is 0 Å². The molecule has 0 unspecified atom stereocenters. The largest absolute Gasteiger partial charge is 0.490 e. The van der Waals surface area contributed by atoms with E-state index < -0.39 is 15.9 Å². The summed E-state index contributed by atoms with van der Waals surface area (Å²) >= 11 is 5.95. The van der Waals surface area contributed by atoms with Crippen molar-refractivity contribution < 1.29 is 22.7 Å². The van der Waals surface area contributed by atoms with Crippen LogP contribution >= 0.6 is 11.6 Å². The molecule has 2 rings (SSSR count). The molecule has 0 atom stereocenters. The highest BCUT2D eigenvalue weighted by molar-refractivity contribution is 7.92. The monoisotopic (exact) mass is 440 g/mol. The molecule has 2 aromatic rings. The number of carbonyl (C=O) groups excluding carboxylic acids is 1. The van der Waals surface area contributed by atoms with E-state index >= 15 is 0 Å². The average Bonchev–Trinajstić information content (AvgIpc) is 2.65. The van der Waals surface area contributed by atoms with Gasteiger partial charge in [-0.15, -0.1) is 0 Å². The molecule has 0 saturated carbocycles. The van der Waals surface area contributed by atoms with Gasteiger partial charge in [0.15, 0.2) is 11.5 Å². The van der Waals surface area contributed by atoms with Crippen molar-refractivity contribution in [1.29, 1.82) is 0 Å². The Kier molecular flexibility index (Phi) is 8.16. The fourth-order valence-electron chi connectivity index (χ4n) is 2.62. The number of amides is 1. The Balaban J connectivity index is 2.08. The molecular weight excluding hydrogens is 416 g/mol. The highest BCUT2D eigenvalue weighted by Gasteiger charge is 2.21. The van der Waals surface area contributed by atoms with E-state index in [4.69, 9.17) is 21.1 Å². The fraction of sp³-hybridized carbons (Fsp3) is 0.350. The number of anilines is 1. The molecule has 9 heteroatoms. The Bertz CT molecular complexity index is 950. The maximum absolute atomic E-state index is 12.4. The van der Waals surface area contributed by atoms with E-state index in [1.54, 1.807) is 30.3 Å². The zero-order chi connectivity index (χ0) is 21.4. The third-order valence-corrected chi connectivity index (χ3v) is 5.26. The van der Waals surface area contributed by atoms with E-state index in [1.807, 2.05) is 19.9 Å². The normalized spacial score (nSPS) is 11.0. The second kappa shape index (κ2) is 10.4. The number of nitrogens with zero attached hydrogens (tertiary/aromatic N) is 1. The van der Waals surface area contributed by atoms with Crippen molar-refractivity contribution in [3.05, 3.63) is 53.1 Å². The molecule has 29 heavy (non-hydrogen) atoms. The average molecular weight is 441 g/mol. The summed E-state index contributed by atoms with van der Waals surface area (Å²) < 4.78 is 36.4. The third-order valence-electron chi connectivity index (χ3n) is 3.88. The van der Waals surface area contributed by atoms with Gasteiger partial charge in [0.05, 0.1) is 25.2 Å². The first-order chi connectivity index (χ1) is 13.7. The van der Waals surface area contributed by atoms with Gasteiger partial charge in [-0.05, 0) is 49.7 Å². The zero-order valence-corrected chi connectivity index (χ0v) is 18.2. The molecule has 0 saturated heterocycles. The Morgan fingerprint density at radius 1 is 1.07 bits per heavy atom. The van der Waals surface area contributed by atoms with Gasteiger partial charge in [-0.2, -0.15) is 0 Å². The minimum Gasteiger partial charge on any atom is -0.490 e. The van der Waals surface area contributed by atoms with Gasteiger partial charge < -0.3 is 14.8 Å². The van der Waals surface area contributed by atoms with Gasteiger partial charge in [0.2, 0.25) is 15.9 Å². The Morgan fingerprint density at radius 2 is 1.76 bits per heavy atom. The van der Waals surface area contributed by atoms with Crippen LogP contribution in [0.2, 0.25) is 5.02 Å². The first-order valence-corrected chi connectivity index (χ1v) is 11.4. The summed E-state index contributed by atoms with van der Waals surface area (Å²) in [5.41, 5.74) is 1.13. The lowest BCUT2D eigenvalue weighted by atomic mass is 10.2. The van der Waals surface area contributed by atoms with Crippen LogP contribution in [0.5, 0.6) is 11.5 Å². The van der Waals surface area contributed by atoms with Gasteiger partial charge in [-0.3, -0.25) is 9.10 Å². The van der Waals surface area contributed by atoms with Gasteiger partial charge in [0.25, 0.3) is 0 Å². The van der Waals surface area contributed by atoms with E-state index in [-0.39, 0.29) is 13.1 Å². The second-order valence-electron chi connectivity index (χ2n) is 6.17. The van der Waals surface area contributed by atoms with Gasteiger partial charge in [-0.25, -0.2) is 8.42 Å². The number of nitrogens with one attached hydrogen (secondary N) is 1. The van der Waals surface area contributed by atoms with Crippen molar-refractivity contribution in [2.45, 2.75) is 20.4 Å². The van der Waals surface area contributed by atoms with Gasteiger partial charge in [0, 0.05) is 11.6 Å². The van der Waals surface area contributed by atoms with Crippen molar-refractivity contribution >= 4 is 33.2 Å². The molecule has 1 amide bonds. The van der Waals surface area contributed by atoms with Crippen LogP contribution < -0.4 is 19.1 Å². The first kappa shape index (κ1) is 22.8. The molecule has 0 aliphatic carbocycles. The van der Waals surface area contributed by atoms with Crippen molar-refractivity contribution in [2.24, 2.45) is 0 Å². The Morgan fingerprint density at radius 3 is 2.38 bits per heavy atom. The summed E-state index contributed by atoms with van der Waals surface area (Å²) in [6, 6.07) is 11.7. The minimum atomic E-state index is -3.66. The molecule has 158 valence electrons. The van der Waals surface area contributed by atoms with Gasteiger partial charge in [0.1, 0.15) is 6.54 Å². The van der Waals surface area contributed by atoms with E-state index in [0.29, 0.717) is 35.4 Å². The molecule has 0 heterocycles. The van der Waals surface area contributed by atoms with Crippen molar-refractivity contribution in [3.63, 3.8) is 0 Å². The van der Waals surface area contributed by atoms with Crippen molar-refractivity contribution in [1.82, 2.24) is 5.32 Å². The molecule has 0 aromatic heterocycles. The third kappa shape index (κ3) is 6.83. The van der Waals surface area contributed by atoms with Crippen LogP contribution in [0.1, 0.15) is 19.4 Å². The quantitative estimate of drug-likeness (QED) is 0.613. The van der Waals surface area contributed by atoms with Crippen LogP contribution in [-0.4, -0.2) is 40.3 Å². The standard InChI is InChI=1S/C20H25ClN2O5S/c1-4-27-18-10-9-15(11-19(18)28-5-2)13-22-20(24)14-23(29(3,25)26)17-8-6-7-16(21)12-17/h6-12H,4-5,13-14H2,1-3H3,(H,22,24). The molecule has 0 bridgehead atoms. The number of hydrogen-bond donors (Lipinski definition) is 1. The summed E-state index contributed by atoms with van der Waals surface area (Å²) in [7, 11) is -3.66. The fourth-order valence-corrected chi connectivity index (χ4v) is 3.66. The number of sulfonamides is 1. The number of halogens is 1. The number of rotatable bonds is 10. The van der Waals surface area contributed by atoms with Crippen molar-refractivity contribution in [2.75, 3.05) is 30.3 Å². The lowest BCUT2D eigenvalue weighted by Crippen LogP contribution is -2.40. The lowest BCUT2D eigenvalue weighted by molar-refractivity contribution is -0.119. The van der Waals surface area contributed by atoms with E-state index in [9.17, 15) is 13.2 Å². The Hall–Kier alpha value is -2.45.